The molecular formula is C8H8N2OS. The predicted octanol–water partition coefficient (Wildman–Crippen LogP) is 2.41. The Balaban J connectivity index is 2.43. The summed E-state index contributed by atoms with van der Waals surface area (Å²) in [4.78, 5) is 2.29. The van der Waals surface area contributed by atoms with Crippen LogP contribution in [0.2, 0.25) is 0 Å². The Morgan fingerprint density at radius 1 is 1.25 bits per heavy atom. The molecule has 0 atom stereocenters. The molecule has 0 aliphatic rings. The molecule has 2 heterocycles. The average molecular weight is 180 g/mol. The van der Waals surface area contributed by atoms with Gasteiger partial charge in [0.05, 0.1) is 4.88 Å². The monoisotopic (exact) mass is 180 g/mol. The SMILES string of the molecule is Cc1nnc(-c2ccc(C)s2)o1. The Morgan fingerprint density at radius 3 is 2.58 bits per heavy atom. The fourth-order valence-corrected chi connectivity index (χ4v) is 1.73. The topological polar surface area (TPSA) is 38.9 Å². The van der Waals surface area contributed by atoms with Gasteiger partial charge in [-0.2, -0.15) is 0 Å². The highest BCUT2D eigenvalue weighted by molar-refractivity contribution is 7.15. The van der Waals surface area contributed by atoms with Gasteiger partial charge in [-0.25, -0.2) is 0 Å². The van der Waals surface area contributed by atoms with Crippen LogP contribution < -0.4 is 0 Å². The van der Waals surface area contributed by atoms with Crippen molar-refractivity contribution in [3.05, 3.63) is 22.9 Å². The Kier molecular flexibility index (Phi) is 1.69. The van der Waals surface area contributed by atoms with Crippen molar-refractivity contribution in [2.75, 3.05) is 0 Å². The van der Waals surface area contributed by atoms with Gasteiger partial charge in [-0.05, 0) is 19.1 Å². The van der Waals surface area contributed by atoms with E-state index in [-0.39, 0.29) is 0 Å². The van der Waals surface area contributed by atoms with Gasteiger partial charge in [0.15, 0.2) is 0 Å². The van der Waals surface area contributed by atoms with E-state index < -0.39 is 0 Å². The first-order valence-corrected chi connectivity index (χ1v) is 4.44. The van der Waals surface area contributed by atoms with Crippen molar-refractivity contribution < 1.29 is 4.42 Å². The predicted molar refractivity (Wildman–Crippen MR) is 47.1 cm³/mol. The van der Waals surface area contributed by atoms with Crippen LogP contribution in [0.1, 0.15) is 10.8 Å². The molecule has 4 heteroatoms. The van der Waals surface area contributed by atoms with Crippen LogP contribution in [0.5, 0.6) is 0 Å². The van der Waals surface area contributed by atoms with Crippen LogP contribution in [0, 0.1) is 13.8 Å². The molecule has 0 bridgehead atoms. The minimum absolute atomic E-state index is 0.607. The Hall–Kier alpha value is -1.16. The van der Waals surface area contributed by atoms with Crippen LogP contribution in [0.4, 0.5) is 0 Å². The molecule has 0 fully saturated rings. The van der Waals surface area contributed by atoms with Crippen LogP contribution in [0.15, 0.2) is 16.5 Å². The molecule has 0 radical (unpaired) electrons. The van der Waals surface area contributed by atoms with Crippen molar-refractivity contribution in [3.8, 4) is 10.8 Å². The number of hydrogen-bond acceptors (Lipinski definition) is 4. The number of hydrogen-bond donors (Lipinski definition) is 0. The van der Waals surface area contributed by atoms with Crippen LogP contribution in [0.25, 0.3) is 10.8 Å². The van der Waals surface area contributed by atoms with Gasteiger partial charge in [-0.15, -0.1) is 21.5 Å². The van der Waals surface area contributed by atoms with E-state index in [1.807, 2.05) is 12.1 Å². The summed E-state index contributed by atoms with van der Waals surface area (Å²) < 4.78 is 5.27. The summed E-state index contributed by atoms with van der Waals surface area (Å²) in [5.74, 6) is 1.22. The van der Waals surface area contributed by atoms with Gasteiger partial charge >= 0.3 is 0 Å². The maximum Gasteiger partial charge on any atom is 0.257 e. The lowest BCUT2D eigenvalue weighted by Crippen LogP contribution is -1.70. The second-order valence-electron chi connectivity index (χ2n) is 2.54. The molecule has 2 aromatic heterocycles. The van der Waals surface area contributed by atoms with E-state index in [4.69, 9.17) is 4.42 Å². The molecule has 3 nitrogen and oxygen atoms in total. The minimum atomic E-state index is 0.607. The number of aromatic nitrogens is 2. The molecule has 0 aliphatic carbocycles. The first kappa shape index (κ1) is 7.49. The first-order chi connectivity index (χ1) is 5.75. The lowest BCUT2D eigenvalue weighted by molar-refractivity contribution is 0.534. The fourth-order valence-electron chi connectivity index (χ4n) is 0.946. The highest BCUT2D eigenvalue weighted by atomic mass is 32.1. The second-order valence-corrected chi connectivity index (χ2v) is 3.82. The largest absolute Gasteiger partial charge is 0.420 e. The Bertz CT molecular complexity index is 353. The van der Waals surface area contributed by atoms with E-state index >= 15 is 0 Å². The van der Waals surface area contributed by atoms with Gasteiger partial charge in [0.2, 0.25) is 5.89 Å². The number of aryl methyl sites for hydroxylation is 2. The number of rotatable bonds is 1. The van der Waals surface area contributed by atoms with Gasteiger partial charge in [0.25, 0.3) is 5.89 Å². The zero-order valence-corrected chi connectivity index (χ0v) is 7.68. The summed E-state index contributed by atoms with van der Waals surface area (Å²) in [5.41, 5.74) is 0. The maximum atomic E-state index is 5.27. The molecule has 0 unspecified atom stereocenters. The van der Waals surface area contributed by atoms with Crippen molar-refractivity contribution in [2.24, 2.45) is 0 Å². The Labute approximate surface area is 74.1 Å². The molecule has 0 N–H and O–H groups in total. The molecule has 0 aromatic carbocycles. The second kappa shape index (κ2) is 2.71. The van der Waals surface area contributed by atoms with E-state index in [0.717, 1.165) is 4.88 Å². The molecule has 0 saturated heterocycles. The maximum absolute atomic E-state index is 5.27. The van der Waals surface area contributed by atoms with Crippen LogP contribution in [-0.4, -0.2) is 10.2 Å². The molecule has 2 rings (SSSR count). The summed E-state index contributed by atoms with van der Waals surface area (Å²) >= 11 is 1.66. The summed E-state index contributed by atoms with van der Waals surface area (Å²) in [6.45, 7) is 3.84. The highest BCUT2D eigenvalue weighted by Crippen LogP contribution is 2.25. The van der Waals surface area contributed by atoms with Crippen LogP contribution in [0.3, 0.4) is 0 Å². The molecule has 0 aliphatic heterocycles. The molecule has 62 valence electrons. The van der Waals surface area contributed by atoms with Crippen molar-refractivity contribution in [2.45, 2.75) is 13.8 Å². The van der Waals surface area contributed by atoms with Crippen molar-refractivity contribution >= 4 is 11.3 Å². The number of thiophene rings is 1. The lowest BCUT2D eigenvalue weighted by atomic mass is 10.4. The third kappa shape index (κ3) is 1.25. The number of nitrogens with zero attached hydrogens (tertiary/aromatic N) is 2. The third-order valence-electron chi connectivity index (χ3n) is 1.48. The first-order valence-electron chi connectivity index (χ1n) is 3.62. The quantitative estimate of drug-likeness (QED) is 0.676. The summed E-state index contributed by atoms with van der Waals surface area (Å²) in [6, 6.07) is 4.03. The summed E-state index contributed by atoms with van der Waals surface area (Å²) in [7, 11) is 0. The van der Waals surface area contributed by atoms with Crippen LogP contribution >= 0.6 is 11.3 Å². The summed E-state index contributed by atoms with van der Waals surface area (Å²) in [5, 5.41) is 7.69. The molecular weight excluding hydrogens is 172 g/mol. The molecule has 2 aromatic rings. The minimum Gasteiger partial charge on any atom is -0.420 e. The molecule has 0 spiro atoms. The smallest absolute Gasteiger partial charge is 0.257 e. The van der Waals surface area contributed by atoms with Gasteiger partial charge in [-0.1, -0.05) is 0 Å². The zero-order valence-electron chi connectivity index (χ0n) is 6.87. The summed E-state index contributed by atoms with van der Waals surface area (Å²) in [6.07, 6.45) is 0. The normalized spacial score (nSPS) is 10.5. The van der Waals surface area contributed by atoms with E-state index in [0.29, 0.717) is 11.8 Å². The molecule has 0 saturated carbocycles. The van der Waals surface area contributed by atoms with E-state index in [9.17, 15) is 0 Å². The van der Waals surface area contributed by atoms with Gasteiger partial charge in [0.1, 0.15) is 0 Å². The van der Waals surface area contributed by atoms with E-state index in [1.165, 1.54) is 4.88 Å². The van der Waals surface area contributed by atoms with Gasteiger partial charge in [0, 0.05) is 11.8 Å². The van der Waals surface area contributed by atoms with Crippen molar-refractivity contribution in [1.29, 1.82) is 0 Å². The lowest BCUT2D eigenvalue weighted by Gasteiger charge is -1.83. The molecule has 12 heavy (non-hydrogen) atoms. The van der Waals surface area contributed by atoms with Crippen molar-refractivity contribution in [3.63, 3.8) is 0 Å². The highest BCUT2D eigenvalue weighted by Gasteiger charge is 2.06. The average Bonchev–Trinajstić information content (AvgIpc) is 2.58. The van der Waals surface area contributed by atoms with Crippen molar-refractivity contribution in [1.82, 2.24) is 10.2 Å². The third-order valence-corrected chi connectivity index (χ3v) is 2.47. The fraction of sp³-hybridized carbons (Fsp3) is 0.250. The van der Waals surface area contributed by atoms with Gasteiger partial charge in [-0.3, -0.25) is 0 Å². The van der Waals surface area contributed by atoms with Gasteiger partial charge < -0.3 is 4.42 Å². The van der Waals surface area contributed by atoms with E-state index in [1.54, 1.807) is 18.3 Å². The standard InChI is InChI=1S/C8H8N2OS/c1-5-3-4-7(12-5)8-10-9-6(2)11-8/h3-4H,1-2H3. The Morgan fingerprint density at radius 2 is 2.08 bits per heavy atom. The molecule has 0 amide bonds. The van der Waals surface area contributed by atoms with E-state index in [2.05, 4.69) is 17.1 Å². The zero-order chi connectivity index (χ0) is 8.55. The van der Waals surface area contributed by atoms with Crippen LogP contribution in [-0.2, 0) is 0 Å².